The third-order valence-corrected chi connectivity index (χ3v) is 4.08. The van der Waals surface area contributed by atoms with Gasteiger partial charge in [-0.05, 0) is 17.7 Å². The number of amides is 1. The molecule has 112 valence electrons. The molecule has 0 aromatic heterocycles. The van der Waals surface area contributed by atoms with Gasteiger partial charge in [-0.3, -0.25) is 14.5 Å². The van der Waals surface area contributed by atoms with E-state index in [4.69, 9.17) is 5.11 Å². The van der Waals surface area contributed by atoms with Crippen LogP contribution in [-0.4, -0.2) is 59.5 Å². The van der Waals surface area contributed by atoms with Crippen LogP contribution in [0.3, 0.4) is 0 Å². The van der Waals surface area contributed by atoms with Crippen molar-refractivity contribution in [3.8, 4) is 0 Å². The SMILES string of the molecule is O=C(O)CN1CCN(C(=O)/C=C/c2ccccc2Br)CC1. The van der Waals surface area contributed by atoms with Crippen molar-refractivity contribution in [2.45, 2.75) is 0 Å². The monoisotopic (exact) mass is 352 g/mol. The van der Waals surface area contributed by atoms with Crippen LogP contribution in [-0.2, 0) is 9.59 Å². The van der Waals surface area contributed by atoms with Crippen molar-refractivity contribution in [1.29, 1.82) is 0 Å². The van der Waals surface area contributed by atoms with Crippen LogP contribution in [0.1, 0.15) is 5.56 Å². The summed E-state index contributed by atoms with van der Waals surface area (Å²) in [6.07, 6.45) is 3.35. The van der Waals surface area contributed by atoms with Gasteiger partial charge in [0.15, 0.2) is 0 Å². The van der Waals surface area contributed by atoms with E-state index >= 15 is 0 Å². The Morgan fingerprint density at radius 3 is 2.48 bits per heavy atom. The maximum absolute atomic E-state index is 12.1. The smallest absolute Gasteiger partial charge is 0.317 e. The molecule has 21 heavy (non-hydrogen) atoms. The van der Waals surface area contributed by atoms with Crippen molar-refractivity contribution in [1.82, 2.24) is 9.80 Å². The van der Waals surface area contributed by atoms with Crippen molar-refractivity contribution in [2.24, 2.45) is 0 Å². The first-order valence-electron chi connectivity index (χ1n) is 6.72. The maximum atomic E-state index is 12.1. The molecule has 1 heterocycles. The highest BCUT2D eigenvalue weighted by Gasteiger charge is 2.20. The molecule has 1 fully saturated rings. The number of carbonyl (C=O) groups is 2. The van der Waals surface area contributed by atoms with Gasteiger partial charge >= 0.3 is 5.97 Å². The lowest BCUT2D eigenvalue weighted by atomic mass is 10.2. The average molecular weight is 353 g/mol. The number of piperazine rings is 1. The third-order valence-electron chi connectivity index (χ3n) is 3.35. The Morgan fingerprint density at radius 1 is 1.19 bits per heavy atom. The number of nitrogens with zero attached hydrogens (tertiary/aromatic N) is 2. The maximum Gasteiger partial charge on any atom is 0.317 e. The van der Waals surface area contributed by atoms with Crippen LogP contribution in [0.5, 0.6) is 0 Å². The Hall–Kier alpha value is -1.66. The summed E-state index contributed by atoms with van der Waals surface area (Å²) >= 11 is 3.43. The Labute approximate surface area is 132 Å². The standard InChI is InChI=1S/C15H17BrN2O3/c16-13-4-2-1-3-12(13)5-6-14(19)18-9-7-17(8-10-18)11-15(20)21/h1-6H,7-11H2,(H,20,21)/b6-5+. The second-order valence-corrected chi connectivity index (χ2v) is 5.70. The molecule has 0 spiro atoms. The van der Waals surface area contributed by atoms with Crippen LogP contribution in [0.25, 0.3) is 6.08 Å². The number of rotatable bonds is 4. The molecule has 1 amide bonds. The molecule has 2 rings (SSSR count). The third kappa shape index (κ3) is 4.68. The zero-order chi connectivity index (χ0) is 15.2. The molecular formula is C15H17BrN2O3. The van der Waals surface area contributed by atoms with Crippen molar-refractivity contribution >= 4 is 33.9 Å². The molecular weight excluding hydrogens is 336 g/mol. The Balaban J connectivity index is 1.88. The number of carboxylic acid groups (broad SMARTS) is 1. The summed E-state index contributed by atoms with van der Waals surface area (Å²) in [5.41, 5.74) is 0.954. The Bertz CT molecular complexity index is 552. The lowest BCUT2D eigenvalue weighted by molar-refractivity contribution is -0.139. The molecule has 0 atom stereocenters. The highest BCUT2D eigenvalue weighted by Crippen LogP contribution is 2.17. The molecule has 1 aromatic rings. The fraction of sp³-hybridized carbons (Fsp3) is 0.333. The molecule has 0 saturated carbocycles. The van der Waals surface area contributed by atoms with Gasteiger partial charge in [0, 0.05) is 36.7 Å². The number of hydrogen-bond donors (Lipinski definition) is 1. The van der Waals surface area contributed by atoms with Crippen LogP contribution in [0.4, 0.5) is 0 Å². The van der Waals surface area contributed by atoms with Gasteiger partial charge in [-0.25, -0.2) is 0 Å². The number of hydrogen-bond acceptors (Lipinski definition) is 3. The van der Waals surface area contributed by atoms with Crippen LogP contribution in [0.15, 0.2) is 34.8 Å². The Kier molecular flexibility index (Phi) is 5.52. The highest BCUT2D eigenvalue weighted by atomic mass is 79.9. The van der Waals surface area contributed by atoms with Gasteiger partial charge in [-0.1, -0.05) is 34.1 Å². The van der Waals surface area contributed by atoms with E-state index in [1.165, 1.54) is 0 Å². The van der Waals surface area contributed by atoms with Crippen molar-refractivity contribution in [2.75, 3.05) is 32.7 Å². The quantitative estimate of drug-likeness (QED) is 0.837. The first kappa shape index (κ1) is 15.7. The molecule has 6 heteroatoms. The molecule has 0 aliphatic carbocycles. The van der Waals surface area contributed by atoms with E-state index in [9.17, 15) is 9.59 Å². The van der Waals surface area contributed by atoms with Gasteiger partial charge in [0.25, 0.3) is 0 Å². The molecule has 1 aliphatic rings. The van der Waals surface area contributed by atoms with Crippen molar-refractivity contribution in [3.05, 3.63) is 40.4 Å². The van der Waals surface area contributed by atoms with E-state index in [1.54, 1.807) is 17.1 Å². The zero-order valence-electron chi connectivity index (χ0n) is 11.5. The van der Waals surface area contributed by atoms with Gasteiger partial charge < -0.3 is 10.0 Å². The van der Waals surface area contributed by atoms with Gasteiger partial charge in [0.05, 0.1) is 6.54 Å². The van der Waals surface area contributed by atoms with E-state index in [2.05, 4.69) is 15.9 Å². The van der Waals surface area contributed by atoms with Crippen LogP contribution in [0.2, 0.25) is 0 Å². The fourth-order valence-electron chi connectivity index (χ4n) is 2.19. The second kappa shape index (κ2) is 7.38. The second-order valence-electron chi connectivity index (χ2n) is 4.85. The van der Waals surface area contributed by atoms with Gasteiger partial charge in [0.1, 0.15) is 0 Å². The summed E-state index contributed by atoms with van der Waals surface area (Å²) in [5, 5.41) is 8.74. The minimum Gasteiger partial charge on any atom is -0.480 e. The predicted molar refractivity (Wildman–Crippen MR) is 83.8 cm³/mol. The van der Waals surface area contributed by atoms with Crippen LogP contribution < -0.4 is 0 Å². The van der Waals surface area contributed by atoms with E-state index in [0.29, 0.717) is 26.2 Å². The van der Waals surface area contributed by atoms with Crippen LogP contribution >= 0.6 is 15.9 Å². The van der Waals surface area contributed by atoms with Gasteiger partial charge in [0.2, 0.25) is 5.91 Å². The van der Waals surface area contributed by atoms with E-state index in [1.807, 2.05) is 29.2 Å². The summed E-state index contributed by atoms with van der Waals surface area (Å²) in [6, 6.07) is 7.69. The number of carbonyl (C=O) groups excluding carboxylic acids is 1. The minimum absolute atomic E-state index is 0.0365. The van der Waals surface area contributed by atoms with Crippen molar-refractivity contribution < 1.29 is 14.7 Å². The summed E-state index contributed by atoms with van der Waals surface area (Å²) < 4.78 is 0.945. The number of aliphatic carboxylic acids is 1. The molecule has 1 saturated heterocycles. The summed E-state index contributed by atoms with van der Waals surface area (Å²) in [7, 11) is 0. The van der Waals surface area contributed by atoms with E-state index < -0.39 is 5.97 Å². The predicted octanol–water partition coefficient (Wildman–Crippen LogP) is 1.69. The number of carboxylic acids is 1. The number of halogens is 1. The molecule has 0 bridgehead atoms. The van der Waals surface area contributed by atoms with E-state index in [0.717, 1.165) is 10.0 Å². The normalized spacial score (nSPS) is 16.3. The lowest BCUT2D eigenvalue weighted by Crippen LogP contribution is -2.49. The first-order valence-corrected chi connectivity index (χ1v) is 7.51. The molecule has 1 N–H and O–H groups in total. The lowest BCUT2D eigenvalue weighted by Gasteiger charge is -2.33. The largest absolute Gasteiger partial charge is 0.480 e. The summed E-state index contributed by atoms with van der Waals surface area (Å²) in [4.78, 5) is 26.3. The first-order chi connectivity index (χ1) is 10.1. The fourth-order valence-corrected chi connectivity index (χ4v) is 2.61. The highest BCUT2D eigenvalue weighted by molar-refractivity contribution is 9.10. The minimum atomic E-state index is -0.830. The van der Waals surface area contributed by atoms with E-state index in [-0.39, 0.29) is 12.5 Å². The van der Waals surface area contributed by atoms with Crippen LogP contribution in [0, 0.1) is 0 Å². The number of benzene rings is 1. The average Bonchev–Trinajstić information content (AvgIpc) is 2.46. The summed E-state index contributed by atoms with van der Waals surface area (Å²) in [6.45, 7) is 2.36. The molecule has 0 radical (unpaired) electrons. The topological polar surface area (TPSA) is 60.9 Å². The van der Waals surface area contributed by atoms with Gasteiger partial charge in [-0.15, -0.1) is 0 Å². The molecule has 1 aromatic carbocycles. The Morgan fingerprint density at radius 2 is 1.86 bits per heavy atom. The summed E-state index contributed by atoms with van der Waals surface area (Å²) in [5.74, 6) is -0.871. The zero-order valence-corrected chi connectivity index (χ0v) is 13.1. The molecule has 0 unspecified atom stereocenters. The molecule has 1 aliphatic heterocycles. The van der Waals surface area contributed by atoms with Gasteiger partial charge in [-0.2, -0.15) is 0 Å². The van der Waals surface area contributed by atoms with Crippen molar-refractivity contribution in [3.63, 3.8) is 0 Å². The molecule has 5 nitrogen and oxygen atoms in total.